The first-order valence-corrected chi connectivity index (χ1v) is 12.1. The molecule has 32 heavy (non-hydrogen) atoms. The van der Waals surface area contributed by atoms with E-state index < -0.39 is 29.3 Å². The number of ether oxygens (including phenoxy) is 2. The monoisotopic (exact) mass is 454 g/mol. The van der Waals surface area contributed by atoms with E-state index in [9.17, 15) is 19.2 Å². The number of unbranched alkanes of at least 4 members (excludes halogenated alkanes) is 5. The predicted octanol–water partition coefficient (Wildman–Crippen LogP) is 5.60. The van der Waals surface area contributed by atoms with Gasteiger partial charge in [-0.05, 0) is 31.6 Å². The molecule has 0 bridgehead atoms. The normalized spacial score (nSPS) is 13.2. The Morgan fingerprint density at radius 2 is 1.34 bits per heavy atom. The zero-order chi connectivity index (χ0) is 24.4. The number of carbonyl (C=O) groups is 4. The van der Waals surface area contributed by atoms with Crippen molar-refractivity contribution in [2.45, 2.75) is 105 Å². The molecule has 7 nitrogen and oxygen atoms in total. The fourth-order valence-corrected chi connectivity index (χ4v) is 3.81. The summed E-state index contributed by atoms with van der Waals surface area (Å²) in [6.07, 6.45) is 10.2. The van der Waals surface area contributed by atoms with E-state index in [1.807, 2.05) is 27.7 Å². The first kappa shape index (κ1) is 29.8. The smallest absolute Gasteiger partial charge is 0.338 e. The minimum absolute atomic E-state index is 0.208. The topological polar surface area (TPSA) is 107 Å². The zero-order valence-corrected chi connectivity index (χ0v) is 20.3. The highest BCUT2D eigenvalue weighted by atomic mass is 16.6. The third kappa shape index (κ3) is 10.4. The number of carboxylic acids is 1. The van der Waals surface area contributed by atoms with Gasteiger partial charge in [0.05, 0.1) is 6.61 Å². The molecule has 184 valence electrons. The molecule has 0 aliphatic heterocycles. The lowest BCUT2D eigenvalue weighted by molar-refractivity contribution is -0.181. The Hall–Kier alpha value is -2.18. The SMILES string of the molecule is CCCCCC(C(=O)OCCCC)(C(=O)OC(=O)/C=C\C(=O)O)C(CCCC)CCCC. The molecule has 7 heteroatoms. The van der Waals surface area contributed by atoms with Crippen LogP contribution in [-0.2, 0) is 28.7 Å². The van der Waals surface area contributed by atoms with Crippen LogP contribution in [0, 0.1) is 11.3 Å². The molecule has 0 heterocycles. The molecule has 0 aliphatic rings. The highest BCUT2D eigenvalue weighted by Crippen LogP contribution is 2.43. The van der Waals surface area contributed by atoms with Gasteiger partial charge in [0.15, 0.2) is 5.41 Å². The average Bonchev–Trinajstić information content (AvgIpc) is 2.76. The Morgan fingerprint density at radius 1 is 0.781 bits per heavy atom. The van der Waals surface area contributed by atoms with Crippen LogP contribution in [0.15, 0.2) is 12.2 Å². The largest absolute Gasteiger partial charge is 0.478 e. The third-order valence-electron chi connectivity index (χ3n) is 5.70. The quantitative estimate of drug-likeness (QED) is 0.124. The minimum atomic E-state index is -1.57. The second kappa shape index (κ2) is 17.4. The molecule has 0 aromatic rings. The Labute approximate surface area is 192 Å². The van der Waals surface area contributed by atoms with Gasteiger partial charge in [0.1, 0.15) is 0 Å². The van der Waals surface area contributed by atoms with Crippen LogP contribution in [0.25, 0.3) is 0 Å². The molecular weight excluding hydrogens is 412 g/mol. The maximum absolute atomic E-state index is 13.4. The van der Waals surface area contributed by atoms with E-state index in [1.54, 1.807) is 0 Å². The molecule has 1 unspecified atom stereocenters. The van der Waals surface area contributed by atoms with Crippen LogP contribution in [-0.4, -0.2) is 35.6 Å². The van der Waals surface area contributed by atoms with E-state index in [4.69, 9.17) is 14.6 Å². The van der Waals surface area contributed by atoms with E-state index in [2.05, 4.69) is 0 Å². The van der Waals surface area contributed by atoms with Crippen molar-refractivity contribution < 1.29 is 33.8 Å². The minimum Gasteiger partial charge on any atom is -0.478 e. The summed E-state index contributed by atoms with van der Waals surface area (Å²) in [7, 11) is 0. The maximum Gasteiger partial charge on any atom is 0.338 e. The van der Waals surface area contributed by atoms with Crippen LogP contribution in [0.2, 0.25) is 0 Å². The molecule has 1 atom stereocenters. The number of esters is 3. The lowest BCUT2D eigenvalue weighted by Crippen LogP contribution is -2.48. The van der Waals surface area contributed by atoms with Crippen molar-refractivity contribution in [1.29, 1.82) is 0 Å². The van der Waals surface area contributed by atoms with Gasteiger partial charge in [-0.25, -0.2) is 9.59 Å². The van der Waals surface area contributed by atoms with Gasteiger partial charge in [0.2, 0.25) is 0 Å². The molecule has 0 aromatic heterocycles. The van der Waals surface area contributed by atoms with Gasteiger partial charge < -0.3 is 14.6 Å². The van der Waals surface area contributed by atoms with E-state index in [0.29, 0.717) is 37.8 Å². The lowest BCUT2D eigenvalue weighted by atomic mass is 9.67. The highest BCUT2D eigenvalue weighted by molar-refractivity contribution is 6.06. The summed E-state index contributed by atoms with van der Waals surface area (Å²) in [5.74, 6) is -4.28. The standard InChI is InChI=1S/C25H42O7/c1-5-9-13-18-25(23(29)31-19-12-8-4,20(14-10-6-2)15-11-7-3)24(30)32-22(28)17-16-21(26)27/h16-17,20H,5-15,18-19H2,1-4H3,(H,26,27)/b17-16-. The molecule has 1 N–H and O–H groups in total. The molecule has 0 saturated heterocycles. The van der Waals surface area contributed by atoms with Crippen LogP contribution in [0.1, 0.15) is 105 Å². The van der Waals surface area contributed by atoms with Gasteiger partial charge in [-0.15, -0.1) is 0 Å². The molecular formula is C25H42O7. The summed E-state index contributed by atoms with van der Waals surface area (Å²) in [6, 6.07) is 0. The van der Waals surface area contributed by atoms with E-state index in [1.165, 1.54) is 0 Å². The van der Waals surface area contributed by atoms with E-state index >= 15 is 0 Å². The molecule has 0 rings (SSSR count). The van der Waals surface area contributed by atoms with Crippen molar-refractivity contribution in [2.75, 3.05) is 6.61 Å². The van der Waals surface area contributed by atoms with Crippen LogP contribution in [0.3, 0.4) is 0 Å². The summed E-state index contributed by atoms with van der Waals surface area (Å²) in [4.78, 5) is 49.7. The summed E-state index contributed by atoms with van der Waals surface area (Å²) in [5, 5.41) is 8.74. The van der Waals surface area contributed by atoms with E-state index in [0.717, 1.165) is 44.9 Å². The van der Waals surface area contributed by atoms with Crippen molar-refractivity contribution in [3.8, 4) is 0 Å². The highest BCUT2D eigenvalue weighted by Gasteiger charge is 2.54. The van der Waals surface area contributed by atoms with Crippen LogP contribution < -0.4 is 0 Å². The molecule has 0 radical (unpaired) electrons. The number of aliphatic carboxylic acids is 1. The average molecular weight is 455 g/mol. The summed E-state index contributed by atoms with van der Waals surface area (Å²) in [6.45, 7) is 8.32. The number of carbonyl (C=O) groups excluding carboxylic acids is 3. The van der Waals surface area contributed by atoms with Gasteiger partial charge in [0, 0.05) is 12.2 Å². The number of hydrogen-bond acceptors (Lipinski definition) is 6. The number of rotatable bonds is 18. The Morgan fingerprint density at radius 3 is 1.84 bits per heavy atom. The Balaban J connectivity index is 6.20. The van der Waals surface area contributed by atoms with Gasteiger partial charge in [-0.1, -0.05) is 79.1 Å². The summed E-state index contributed by atoms with van der Waals surface area (Å²) in [5.41, 5.74) is -1.57. The number of carboxylic acid groups (broad SMARTS) is 1. The van der Waals surface area contributed by atoms with Gasteiger partial charge in [-0.3, -0.25) is 9.59 Å². The molecule has 0 saturated carbocycles. The van der Waals surface area contributed by atoms with Crippen molar-refractivity contribution in [1.82, 2.24) is 0 Å². The first-order chi connectivity index (χ1) is 15.3. The summed E-state index contributed by atoms with van der Waals surface area (Å²) >= 11 is 0. The molecule has 0 amide bonds. The van der Waals surface area contributed by atoms with Crippen LogP contribution >= 0.6 is 0 Å². The fourth-order valence-electron chi connectivity index (χ4n) is 3.81. The predicted molar refractivity (Wildman–Crippen MR) is 123 cm³/mol. The molecule has 0 aliphatic carbocycles. The van der Waals surface area contributed by atoms with Crippen molar-refractivity contribution in [3.05, 3.63) is 12.2 Å². The van der Waals surface area contributed by atoms with E-state index in [-0.39, 0.29) is 18.9 Å². The second-order valence-corrected chi connectivity index (χ2v) is 8.28. The fraction of sp³-hybridized carbons (Fsp3) is 0.760. The Kier molecular flexibility index (Phi) is 16.2. The molecule has 0 spiro atoms. The summed E-state index contributed by atoms with van der Waals surface area (Å²) < 4.78 is 10.6. The van der Waals surface area contributed by atoms with Crippen LogP contribution in [0.5, 0.6) is 0 Å². The van der Waals surface area contributed by atoms with Gasteiger partial charge in [-0.2, -0.15) is 0 Å². The molecule has 0 fully saturated rings. The third-order valence-corrected chi connectivity index (χ3v) is 5.70. The van der Waals surface area contributed by atoms with Crippen molar-refractivity contribution in [3.63, 3.8) is 0 Å². The molecule has 0 aromatic carbocycles. The number of hydrogen-bond donors (Lipinski definition) is 1. The second-order valence-electron chi connectivity index (χ2n) is 8.28. The Bertz CT molecular complexity index is 603. The van der Waals surface area contributed by atoms with Gasteiger partial charge >= 0.3 is 23.9 Å². The first-order valence-electron chi connectivity index (χ1n) is 12.1. The van der Waals surface area contributed by atoms with Crippen LogP contribution in [0.4, 0.5) is 0 Å². The maximum atomic E-state index is 13.4. The van der Waals surface area contributed by atoms with Gasteiger partial charge in [0.25, 0.3) is 0 Å². The van der Waals surface area contributed by atoms with Crippen molar-refractivity contribution >= 4 is 23.9 Å². The lowest BCUT2D eigenvalue weighted by Gasteiger charge is -2.36. The van der Waals surface area contributed by atoms with Crippen molar-refractivity contribution in [2.24, 2.45) is 11.3 Å². The zero-order valence-electron chi connectivity index (χ0n) is 20.3.